The molecule has 220 valence electrons. The van der Waals surface area contributed by atoms with Crippen molar-refractivity contribution in [2.24, 2.45) is 5.92 Å². The summed E-state index contributed by atoms with van der Waals surface area (Å²) in [7, 11) is 2.00. The molecule has 1 aromatic heterocycles. The van der Waals surface area contributed by atoms with Gasteiger partial charge in [0.25, 0.3) is 0 Å². The molecule has 10 nitrogen and oxygen atoms in total. The molecule has 10 heteroatoms. The number of ether oxygens (including phenoxy) is 2. The average molecular weight is 557 g/mol. The molecule has 0 aliphatic carbocycles. The summed E-state index contributed by atoms with van der Waals surface area (Å²) in [6.07, 6.45) is 9.66. The van der Waals surface area contributed by atoms with Gasteiger partial charge in [-0.2, -0.15) is 0 Å². The summed E-state index contributed by atoms with van der Waals surface area (Å²) in [6, 6.07) is 1.77. The van der Waals surface area contributed by atoms with Gasteiger partial charge in [0, 0.05) is 50.4 Å². The maximum absolute atomic E-state index is 13.0. The molecule has 0 spiro atoms. The summed E-state index contributed by atoms with van der Waals surface area (Å²) in [6.45, 7) is 9.95. The van der Waals surface area contributed by atoms with Crippen LogP contribution in [0.2, 0.25) is 0 Å². The molecule has 2 N–H and O–H groups in total. The number of hydrogen-bond acceptors (Lipinski definition) is 9. The first-order chi connectivity index (χ1) is 19.0. The van der Waals surface area contributed by atoms with Gasteiger partial charge in [-0.3, -0.25) is 4.79 Å². The Morgan fingerprint density at radius 2 is 1.90 bits per heavy atom. The lowest BCUT2D eigenvalue weighted by atomic mass is 9.89. The summed E-state index contributed by atoms with van der Waals surface area (Å²) in [5.74, 6) is -0.120. The van der Waals surface area contributed by atoms with Gasteiger partial charge in [0.1, 0.15) is 17.5 Å². The maximum atomic E-state index is 13.0. The molecular formula is C30H44N4O6. The van der Waals surface area contributed by atoms with Crippen molar-refractivity contribution in [2.45, 2.75) is 76.8 Å². The Bertz CT molecular complexity index is 1070. The summed E-state index contributed by atoms with van der Waals surface area (Å²) < 4.78 is 11.6. The fourth-order valence-corrected chi connectivity index (χ4v) is 4.72. The van der Waals surface area contributed by atoms with E-state index in [4.69, 9.17) is 9.47 Å². The molecule has 0 radical (unpaired) electrons. The van der Waals surface area contributed by atoms with Crippen LogP contribution in [0, 0.1) is 5.92 Å². The molecule has 1 fully saturated rings. The van der Waals surface area contributed by atoms with E-state index in [1.54, 1.807) is 36.4 Å². The number of esters is 1. The predicted molar refractivity (Wildman–Crippen MR) is 151 cm³/mol. The molecule has 6 atom stereocenters. The number of aromatic nitrogens is 2. The number of allylic oxidation sites excluding steroid dienone is 3. The molecule has 2 aliphatic heterocycles. The van der Waals surface area contributed by atoms with Crippen LogP contribution in [0.5, 0.6) is 0 Å². The standard InChI is InChI=1S/C30H44N4O6/c1-21(8-6-9-23(3)28-31-14-7-15-32-28)27-22(2)10-11-25(39-29(37)34-18-16-33(5)17-19-34)30(4,38)13-12-24(35)20-26(36)40-27/h6-11,14-15,22-25,27,35,38H,12-13,16-20H2,1-5H3/b9-6+,11-10-,21-8+/t22-,23?,24+,25-,27+,30+/m0/s1. The van der Waals surface area contributed by atoms with Gasteiger partial charge in [-0.1, -0.05) is 38.2 Å². The van der Waals surface area contributed by atoms with Gasteiger partial charge in [-0.25, -0.2) is 14.8 Å². The van der Waals surface area contributed by atoms with Crippen molar-refractivity contribution < 1.29 is 29.3 Å². The molecule has 1 aromatic rings. The predicted octanol–water partition coefficient (Wildman–Crippen LogP) is 3.24. The third-order valence-corrected chi connectivity index (χ3v) is 7.51. The fraction of sp³-hybridized carbons (Fsp3) is 0.600. The van der Waals surface area contributed by atoms with Crippen LogP contribution in [0.1, 0.15) is 58.7 Å². The molecule has 3 rings (SSSR count). The second-order valence-electron chi connectivity index (χ2n) is 11.2. The van der Waals surface area contributed by atoms with Crippen LogP contribution in [0.4, 0.5) is 4.79 Å². The topological polar surface area (TPSA) is 125 Å². The molecule has 3 heterocycles. The lowest BCUT2D eigenvalue weighted by Gasteiger charge is -2.36. The molecule has 40 heavy (non-hydrogen) atoms. The van der Waals surface area contributed by atoms with E-state index in [9.17, 15) is 19.8 Å². The highest BCUT2D eigenvalue weighted by atomic mass is 16.6. The second-order valence-corrected chi connectivity index (χ2v) is 11.2. The van der Waals surface area contributed by atoms with Crippen molar-refractivity contribution in [1.29, 1.82) is 0 Å². The van der Waals surface area contributed by atoms with Crippen molar-refractivity contribution in [3.63, 3.8) is 0 Å². The van der Waals surface area contributed by atoms with Crippen LogP contribution in [0.3, 0.4) is 0 Å². The first-order valence-corrected chi connectivity index (χ1v) is 14.0. The average Bonchev–Trinajstić information content (AvgIpc) is 2.92. The summed E-state index contributed by atoms with van der Waals surface area (Å²) in [5, 5.41) is 21.8. The number of nitrogens with zero attached hydrogens (tertiary/aromatic N) is 4. The SMILES string of the molecule is C/C(=C\C=C\C(C)c1ncccn1)[C@H]1OC(=O)C[C@H](O)CC[C@@](C)(O)[C@@H](OC(=O)N2CCN(C)CC2)/C=C\[C@@H]1C. The second kappa shape index (κ2) is 14.5. The Kier molecular flexibility index (Phi) is 11.4. The Balaban J connectivity index is 1.81. The largest absolute Gasteiger partial charge is 0.457 e. The van der Waals surface area contributed by atoms with Crippen molar-refractivity contribution >= 4 is 12.1 Å². The Hall–Kier alpha value is -3.08. The first-order valence-electron chi connectivity index (χ1n) is 14.0. The third kappa shape index (κ3) is 9.25. The van der Waals surface area contributed by atoms with E-state index in [-0.39, 0.29) is 31.1 Å². The highest BCUT2D eigenvalue weighted by molar-refractivity contribution is 5.70. The first kappa shape index (κ1) is 31.4. The minimum Gasteiger partial charge on any atom is -0.457 e. The van der Waals surface area contributed by atoms with Crippen LogP contribution < -0.4 is 0 Å². The van der Waals surface area contributed by atoms with Crippen LogP contribution in [0.15, 0.2) is 54.4 Å². The van der Waals surface area contributed by atoms with Gasteiger partial charge in [-0.05, 0) is 51.5 Å². The number of cyclic esters (lactones) is 1. The third-order valence-electron chi connectivity index (χ3n) is 7.51. The number of carbonyl (C=O) groups excluding carboxylic acids is 2. The zero-order valence-corrected chi connectivity index (χ0v) is 24.3. The number of amides is 1. The lowest BCUT2D eigenvalue weighted by molar-refractivity contribution is -0.151. The molecule has 1 saturated heterocycles. The van der Waals surface area contributed by atoms with Gasteiger partial charge in [-0.15, -0.1) is 0 Å². The van der Waals surface area contributed by atoms with E-state index >= 15 is 0 Å². The van der Waals surface area contributed by atoms with Gasteiger partial charge >= 0.3 is 12.1 Å². The Morgan fingerprint density at radius 3 is 2.58 bits per heavy atom. The number of rotatable bonds is 5. The number of hydrogen-bond donors (Lipinski definition) is 2. The highest BCUT2D eigenvalue weighted by Gasteiger charge is 2.36. The van der Waals surface area contributed by atoms with Crippen molar-refractivity contribution in [2.75, 3.05) is 33.2 Å². The monoisotopic (exact) mass is 556 g/mol. The number of aliphatic hydroxyl groups is 2. The summed E-state index contributed by atoms with van der Waals surface area (Å²) in [5.41, 5.74) is -0.645. The van der Waals surface area contributed by atoms with E-state index in [0.29, 0.717) is 18.9 Å². The number of piperazine rings is 1. The molecule has 0 saturated carbocycles. The van der Waals surface area contributed by atoms with Crippen LogP contribution in [-0.4, -0.2) is 99.2 Å². The van der Waals surface area contributed by atoms with E-state index < -0.39 is 36.0 Å². The van der Waals surface area contributed by atoms with Crippen molar-refractivity contribution in [3.05, 3.63) is 60.2 Å². The zero-order valence-electron chi connectivity index (χ0n) is 24.3. The van der Waals surface area contributed by atoms with Crippen LogP contribution in [-0.2, 0) is 14.3 Å². The van der Waals surface area contributed by atoms with E-state index in [0.717, 1.165) is 18.7 Å². The van der Waals surface area contributed by atoms with E-state index in [2.05, 4.69) is 14.9 Å². The highest BCUT2D eigenvalue weighted by Crippen LogP contribution is 2.27. The van der Waals surface area contributed by atoms with Crippen molar-refractivity contribution in [3.8, 4) is 0 Å². The van der Waals surface area contributed by atoms with Gasteiger partial charge in [0.15, 0.2) is 6.10 Å². The minimum atomic E-state index is -1.44. The Morgan fingerprint density at radius 1 is 1.23 bits per heavy atom. The van der Waals surface area contributed by atoms with Gasteiger partial charge < -0.3 is 29.5 Å². The molecule has 1 amide bonds. The zero-order chi connectivity index (χ0) is 29.3. The molecule has 0 bridgehead atoms. The van der Waals surface area contributed by atoms with Crippen LogP contribution in [0.25, 0.3) is 0 Å². The molecule has 1 unspecified atom stereocenters. The smallest absolute Gasteiger partial charge is 0.410 e. The minimum absolute atomic E-state index is 0.00504. The normalized spacial score (nSPS) is 31.1. The fourth-order valence-electron chi connectivity index (χ4n) is 4.72. The molecular weight excluding hydrogens is 512 g/mol. The quantitative estimate of drug-likeness (QED) is 0.319. The van der Waals surface area contributed by atoms with Crippen molar-refractivity contribution in [1.82, 2.24) is 19.8 Å². The number of carbonyl (C=O) groups is 2. The van der Waals surface area contributed by atoms with E-state index in [1.807, 2.05) is 52.1 Å². The summed E-state index contributed by atoms with van der Waals surface area (Å²) in [4.78, 5) is 38.0. The summed E-state index contributed by atoms with van der Waals surface area (Å²) >= 11 is 0. The van der Waals surface area contributed by atoms with Gasteiger partial charge in [0.05, 0.1) is 12.5 Å². The van der Waals surface area contributed by atoms with Gasteiger partial charge in [0.2, 0.25) is 0 Å². The molecule has 0 aromatic carbocycles. The maximum Gasteiger partial charge on any atom is 0.410 e. The lowest BCUT2D eigenvalue weighted by Crippen LogP contribution is -2.50. The number of aliphatic hydroxyl groups excluding tert-OH is 1. The number of likely N-dealkylation sites (N-methyl/N-ethyl adjacent to an activating group) is 1. The van der Waals surface area contributed by atoms with E-state index in [1.165, 1.54) is 0 Å². The van der Waals surface area contributed by atoms with Crippen LogP contribution >= 0.6 is 0 Å². The Labute approximate surface area is 237 Å². The molecule has 2 aliphatic rings.